The first-order valence-electron chi connectivity index (χ1n) is 10.7. The van der Waals surface area contributed by atoms with Crippen molar-refractivity contribution in [3.05, 3.63) is 80.1 Å². The number of aromatic nitrogens is 1. The van der Waals surface area contributed by atoms with Gasteiger partial charge in [0, 0.05) is 29.4 Å². The van der Waals surface area contributed by atoms with Crippen molar-refractivity contribution in [2.45, 2.75) is 20.3 Å². The molecule has 0 fully saturated rings. The smallest absolute Gasteiger partial charge is 0.271 e. The van der Waals surface area contributed by atoms with E-state index >= 15 is 0 Å². The second-order valence-electron chi connectivity index (χ2n) is 7.16. The molecule has 1 amide bonds. The van der Waals surface area contributed by atoms with Gasteiger partial charge in [-0.2, -0.15) is 5.10 Å². The standard InChI is InChI=1S/C25H25ClIN3O4/c1-3-32-23-15-18(16-29-30-25(31)19-7-9-28-10-8-19)14-21(27)24(23)34-12-4-11-33-22-6-5-20(26)13-17(22)2/h5-10,13-16H,3-4,11-12H2,1-2H3,(H,30,31)/b29-16-. The summed E-state index contributed by atoms with van der Waals surface area (Å²) in [5.74, 6) is 1.79. The molecule has 0 spiro atoms. The maximum absolute atomic E-state index is 12.1. The van der Waals surface area contributed by atoms with Crippen molar-refractivity contribution in [2.24, 2.45) is 5.10 Å². The van der Waals surface area contributed by atoms with Crippen LogP contribution < -0.4 is 19.6 Å². The molecule has 0 aliphatic carbocycles. The predicted molar refractivity (Wildman–Crippen MR) is 141 cm³/mol. The Bertz CT molecular complexity index is 1140. The van der Waals surface area contributed by atoms with Crippen molar-refractivity contribution in [3.8, 4) is 17.2 Å². The number of halogens is 2. The number of hydrogen-bond donors (Lipinski definition) is 1. The van der Waals surface area contributed by atoms with Gasteiger partial charge in [0.25, 0.3) is 5.91 Å². The molecule has 1 heterocycles. The molecule has 0 unspecified atom stereocenters. The van der Waals surface area contributed by atoms with Gasteiger partial charge in [-0.15, -0.1) is 0 Å². The molecule has 34 heavy (non-hydrogen) atoms. The number of aryl methyl sites for hydroxylation is 1. The van der Waals surface area contributed by atoms with Crippen molar-refractivity contribution >= 4 is 46.3 Å². The number of hydrogen-bond acceptors (Lipinski definition) is 6. The van der Waals surface area contributed by atoms with Crippen LogP contribution in [0.2, 0.25) is 5.02 Å². The number of nitrogens with zero attached hydrogens (tertiary/aromatic N) is 2. The maximum Gasteiger partial charge on any atom is 0.271 e. The second-order valence-corrected chi connectivity index (χ2v) is 8.76. The average molecular weight is 594 g/mol. The molecule has 0 saturated heterocycles. The van der Waals surface area contributed by atoms with Crippen molar-refractivity contribution in [1.29, 1.82) is 0 Å². The fraction of sp³-hybridized carbons (Fsp3) is 0.240. The summed E-state index contributed by atoms with van der Waals surface area (Å²) in [6.07, 6.45) is 5.38. The zero-order valence-corrected chi connectivity index (χ0v) is 21.8. The Balaban J connectivity index is 1.56. The lowest BCUT2D eigenvalue weighted by molar-refractivity contribution is 0.0955. The number of carbonyl (C=O) groups excluding carboxylic acids is 1. The highest BCUT2D eigenvalue weighted by atomic mass is 127. The monoisotopic (exact) mass is 593 g/mol. The number of benzene rings is 2. The first-order chi connectivity index (χ1) is 16.5. The van der Waals surface area contributed by atoms with E-state index in [2.05, 4.69) is 38.1 Å². The average Bonchev–Trinajstić information content (AvgIpc) is 2.82. The largest absolute Gasteiger partial charge is 0.493 e. The van der Waals surface area contributed by atoms with Crippen molar-refractivity contribution < 1.29 is 19.0 Å². The van der Waals surface area contributed by atoms with Crippen LogP contribution in [0.1, 0.15) is 34.8 Å². The first-order valence-corrected chi connectivity index (χ1v) is 12.1. The highest BCUT2D eigenvalue weighted by Crippen LogP contribution is 2.34. The van der Waals surface area contributed by atoms with E-state index in [-0.39, 0.29) is 5.91 Å². The molecule has 0 aliphatic rings. The van der Waals surface area contributed by atoms with Crippen LogP contribution in [-0.2, 0) is 0 Å². The number of rotatable bonds is 11. The molecule has 7 nitrogen and oxygen atoms in total. The van der Waals surface area contributed by atoms with Gasteiger partial charge < -0.3 is 14.2 Å². The Hall–Kier alpha value is -2.85. The van der Waals surface area contributed by atoms with E-state index in [1.807, 2.05) is 44.2 Å². The van der Waals surface area contributed by atoms with Gasteiger partial charge >= 0.3 is 0 Å². The fourth-order valence-corrected chi connectivity index (χ4v) is 4.00. The number of ether oxygens (including phenoxy) is 3. The fourth-order valence-electron chi connectivity index (χ4n) is 2.99. The number of pyridine rings is 1. The molecule has 0 saturated carbocycles. The molecule has 0 atom stereocenters. The molecule has 3 aromatic rings. The lowest BCUT2D eigenvalue weighted by Gasteiger charge is -2.15. The van der Waals surface area contributed by atoms with E-state index in [4.69, 9.17) is 25.8 Å². The topological polar surface area (TPSA) is 82.0 Å². The number of nitrogens with one attached hydrogen (secondary N) is 1. The van der Waals surface area contributed by atoms with E-state index < -0.39 is 0 Å². The Labute approximate surface area is 217 Å². The van der Waals surface area contributed by atoms with E-state index in [9.17, 15) is 4.79 Å². The van der Waals surface area contributed by atoms with Crippen molar-refractivity contribution in [2.75, 3.05) is 19.8 Å². The zero-order valence-electron chi connectivity index (χ0n) is 18.9. The summed E-state index contributed by atoms with van der Waals surface area (Å²) >= 11 is 8.18. The second kappa shape index (κ2) is 13.1. The summed E-state index contributed by atoms with van der Waals surface area (Å²) in [4.78, 5) is 16.0. The summed E-state index contributed by atoms with van der Waals surface area (Å²) < 4.78 is 18.5. The van der Waals surface area contributed by atoms with Gasteiger partial charge in [0.05, 0.1) is 29.6 Å². The Morgan fingerprint density at radius 2 is 1.85 bits per heavy atom. The SMILES string of the molecule is CCOc1cc(/C=N\NC(=O)c2ccncc2)cc(I)c1OCCCOc1ccc(Cl)cc1C. The van der Waals surface area contributed by atoms with Gasteiger partial charge in [0.15, 0.2) is 11.5 Å². The Kier molecular flexibility index (Phi) is 9.96. The summed E-state index contributed by atoms with van der Waals surface area (Å²) in [5.41, 5.74) is 4.76. The third-order valence-corrected chi connectivity index (χ3v) is 5.62. The van der Waals surface area contributed by atoms with Crippen LogP contribution in [0.5, 0.6) is 17.2 Å². The molecule has 0 radical (unpaired) electrons. The van der Waals surface area contributed by atoms with Crippen molar-refractivity contribution in [3.63, 3.8) is 0 Å². The number of carbonyl (C=O) groups is 1. The third kappa shape index (κ3) is 7.59. The lowest BCUT2D eigenvalue weighted by Crippen LogP contribution is -2.17. The van der Waals surface area contributed by atoms with Crippen LogP contribution in [0.4, 0.5) is 0 Å². The molecule has 1 N–H and O–H groups in total. The van der Waals surface area contributed by atoms with Crippen LogP contribution >= 0.6 is 34.2 Å². The van der Waals surface area contributed by atoms with Crippen LogP contribution in [-0.4, -0.2) is 36.9 Å². The minimum atomic E-state index is -0.311. The molecular weight excluding hydrogens is 569 g/mol. The molecular formula is C25H25ClIN3O4. The van der Waals surface area contributed by atoms with Gasteiger partial charge in [0.2, 0.25) is 0 Å². The van der Waals surface area contributed by atoms with E-state index in [1.165, 1.54) is 0 Å². The summed E-state index contributed by atoms with van der Waals surface area (Å²) in [6, 6.07) is 12.5. The molecule has 3 rings (SSSR count). The van der Waals surface area contributed by atoms with Gasteiger partial charge in [0.1, 0.15) is 5.75 Å². The minimum Gasteiger partial charge on any atom is -0.493 e. The van der Waals surface area contributed by atoms with E-state index in [0.717, 1.165) is 20.4 Å². The van der Waals surface area contributed by atoms with Crippen LogP contribution in [0.3, 0.4) is 0 Å². The first kappa shape index (κ1) is 25.8. The number of hydrazone groups is 1. The summed E-state index contributed by atoms with van der Waals surface area (Å²) in [6.45, 7) is 5.35. The zero-order chi connectivity index (χ0) is 24.3. The lowest BCUT2D eigenvalue weighted by atomic mass is 10.2. The molecule has 9 heteroatoms. The Morgan fingerprint density at radius 1 is 1.09 bits per heavy atom. The Morgan fingerprint density at radius 3 is 2.59 bits per heavy atom. The minimum absolute atomic E-state index is 0.311. The molecule has 1 aromatic heterocycles. The molecule has 178 valence electrons. The maximum atomic E-state index is 12.1. The molecule has 0 bridgehead atoms. The van der Waals surface area contributed by atoms with Gasteiger partial charge in [-0.25, -0.2) is 5.43 Å². The highest BCUT2D eigenvalue weighted by molar-refractivity contribution is 14.1. The molecule has 0 aliphatic heterocycles. The van der Waals surface area contributed by atoms with Crippen molar-refractivity contribution in [1.82, 2.24) is 10.4 Å². The van der Waals surface area contributed by atoms with Gasteiger partial charge in [-0.05, 0) is 90.0 Å². The normalized spacial score (nSPS) is 10.8. The van der Waals surface area contributed by atoms with E-state index in [1.54, 1.807) is 30.7 Å². The quantitative estimate of drug-likeness (QED) is 0.134. The van der Waals surface area contributed by atoms with Crippen LogP contribution in [0, 0.1) is 10.5 Å². The molecule has 2 aromatic carbocycles. The van der Waals surface area contributed by atoms with Gasteiger partial charge in [-0.3, -0.25) is 9.78 Å². The van der Waals surface area contributed by atoms with Crippen LogP contribution in [0.15, 0.2) is 60.0 Å². The van der Waals surface area contributed by atoms with E-state index in [0.29, 0.717) is 48.3 Å². The summed E-state index contributed by atoms with van der Waals surface area (Å²) in [5, 5.41) is 4.74. The predicted octanol–water partition coefficient (Wildman–Crippen LogP) is 5.66. The van der Waals surface area contributed by atoms with Gasteiger partial charge in [-0.1, -0.05) is 11.6 Å². The third-order valence-electron chi connectivity index (χ3n) is 4.58. The van der Waals surface area contributed by atoms with Crippen LogP contribution in [0.25, 0.3) is 0 Å². The summed E-state index contributed by atoms with van der Waals surface area (Å²) in [7, 11) is 0. The number of amides is 1. The highest BCUT2D eigenvalue weighted by Gasteiger charge is 2.12.